The fraction of sp³-hybridized carbons (Fsp3) is 0.467. The molecular weight excluding hydrogens is 320 g/mol. The van der Waals surface area contributed by atoms with E-state index in [2.05, 4.69) is 5.32 Å². The van der Waals surface area contributed by atoms with E-state index in [4.69, 9.17) is 5.11 Å². The van der Waals surface area contributed by atoms with Crippen molar-refractivity contribution in [2.24, 2.45) is 0 Å². The number of hydrogen-bond acceptors (Lipinski definition) is 4. The van der Waals surface area contributed by atoms with E-state index in [1.807, 2.05) is 0 Å². The quantitative estimate of drug-likeness (QED) is 0.820. The van der Waals surface area contributed by atoms with Gasteiger partial charge in [0.2, 0.25) is 15.9 Å². The molecule has 0 aromatic heterocycles. The number of nitrogens with zero attached hydrogens (tertiary/aromatic N) is 1. The zero-order valence-electron chi connectivity index (χ0n) is 12.9. The van der Waals surface area contributed by atoms with Gasteiger partial charge in [0.1, 0.15) is 0 Å². The number of sulfonamides is 1. The van der Waals surface area contributed by atoms with Crippen LogP contribution in [0.15, 0.2) is 29.2 Å². The molecule has 1 unspecified atom stereocenters. The maximum Gasteiger partial charge on any atom is 0.303 e. The van der Waals surface area contributed by atoms with E-state index in [1.165, 1.54) is 35.5 Å². The van der Waals surface area contributed by atoms with Crippen LogP contribution in [0.4, 0.5) is 5.69 Å². The molecule has 8 heteroatoms. The van der Waals surface area contributed by atoms with E-state index in [9.17, 15) is 18.0 Å². The largest absolute Gasteiger partial charge is 0.481 e. The maximum absolute atomic E-state index is 12.7. The minimum absolute atomic E-state index is 0.0435. The average Bonchev–Trinajstić information content (AvgIpc) is 2.94. The van der Waals surface area contributed by atoms with E-state index in [-0.39, 0.29) is 23.3 Å². The van der Waals surface area contributed by atoms with Gasteiger partial charge in [-0.05, 0) is 43.5 Å². The number of carboxylic acids is 1. The Kier molecular flexibility index (Phi) is 5.38. The molecule has 0 aliphatic carbocycles. The van der Waals surface area contributed by atoms with Gasteiger partial charge in [-0.2, -0.15) is 4.31 Å². The zero-order chi connectivity index (χ0) is 17.0. The van der Waals surface area contributed by atoms with Gasteiger partial charge in [0.05, 0.1) is 4.90 Å². The third kappa shape index (κ3) is 4.29. The summed E-state index contributed by atoms with van der Waals surface area (Å²) in [6.07, 6.45) is 1.68. The number of carbonyl (C=O) groups excluding carboxylic acids is 1. The number of anilines is 1. The number of aliphatic carboxylic acids is 1. The number of nitrogens with one attached hydrogen (secondary N) is 1. The molecule has 23 heavy (non-hydrogen) atoms. The Bertz CT molecular complexity index is 684. The Balaban J connectivity index is 2.16. The lowest BCUT2D eigenvalue weighted by Crippen LogP contribution is -2.35. The van der Waals surface area contributed by atoms with Crippen molar-refractivity contribution in [1.29, 1.82) is 0 Å². The second-order valence-electron chi connectivity index (χ2n) is 5.55. The molecule has 1 heterocycles. The molecule has 0 saturated carbocycles. The van der Waals surface area contributed by atoms with Crippen molar-refractivity contribution < 1.29 is 23.1 Å². The summed E-state index contributed by atoms with van der Waals surface area (Å²) in [6, 6.07) is 5.71. The van der Waals surface area contributed by atoms with Gasteiger partial charge < -0.3 is 10.4 Å². The van der Waals surface area contributed by atoms with Gasteiger partial charge in [-0.3, -0.25) is 9.59 Å². The molecular formula is C15H20N2O5S. The van der Waals surface area contributed by atoms with Gasteiger partial charge in [-0.15, -0.1) is 0 Å². The van der Waals surface area contributed by atoms with Gasteiger partial charge in [0, 0.05) is 31.6 Å². The Morgan fingerprint density at radius 2 is 1.96 bits per heavy atom. The molecule has 1 atom stereocenters. The summed E-state index contributed by atoms with van der Waals surface area (Å²) >= 11 is 0. The van der Waals surface area contributed by atoms with Crippen LogP contribution in [0, 0.1) is 0 Å². The molecule has 1 aliphatic rings. The van der Waals surface area contributed by atoms with Crippen LogP contribution >= 0.6 is 0 Å². The Morgan fingerprint density at radius 3 is 2.52 bits per heavy atom. The number of carbonyl (C=O) groups is 2. The third-order valence-electron chi connectivity index (χ3n) is 3.80. The summed E-state index contributed by atoms with van der Waals surface area (Å²) < 4.78 is 26.8. The van der Waals surface area contributed by atoms with E-state index in [0.29, 0.717) is 25.1 Å². The number of carboxylic acid groups (broad SMARTS) is 1. The number of amides is 1. The van der Waals surface area contributed by atoms with Crippen LogP contribution in [-0.4, -0.2) is 42.3 Å². The van der Waals surface area contributed by atoms with Crippen molar-refractivity contribution in [2.75, 3.05) is 11.9 Å². The summed E-state index contributed by atoms with van der Waals surface area (Å²) in [5.41, 5.74) is 0.528. The Hall–Kier alpha value is -1.93. The fourth-order valence-corrected chi connectivity index (χ4v) is 4.48. The van der Waals surface area contributed by atoms with Crippen molar-refractivity contribution in [2.45, 2.75) is 43.5 Å². The molecule has 0 spiro atoms. The first-order valence-electron chi connectivity index (χ1n) is 7.42. The molecule has 0 radical (unpaired) electrons. The first-order chi connectivity index (χ1) is 10.8. The lowest BCUT2D eigenvalue weighted by Gasteiger charge is -2.23. The monoisotopic (exact) mass is 340 g/mol. The molecule has 2 rings (SSSR count). The van der Waals surface area contributed by atoms with Gasteiger partial charge in [-0.25, -0.2) is 8.42 Å². The van der Waals surface area contributed by atoms with Crippen LogP contribution in [0.2, 0.25) is 0 Å². The predicted molar refractivity (Wildman–Crippen MR) is 84.5 cm³/mol. The van der Waals surface area contributed by atoms with Crippen LogP contribution in [0.3, 0.4) is 0 Å². The standard InChI is InChI=1S/C15H20N2O5S/c1-11(18)16-12-4-7-14(8-5-12)23(21,22)17-10-2-3-13(17)6-9-15(19)20/h4-5,7-8,13H,2-3,6,9-10H2,1H3,(H,16,18)(H,19,20). The van der Waals surface area contributed by atoms with Gasteiger partial charge in [-0.1, -0.05) is 0 Å². The van der Waals surface area contributed by atoms with Crippen molar-refractivity contribution in [3.8, 4) is 0 Å². The van der Waals surface area contributed by atoms with Crippen LogP contribution in [0.5, 0.6) is 0 Å². The average molecular weight is 340 g/mol. The number of hydrogen-bond donors (Lipinski definition) is 2. The molecule has 126 valence electrons. The minimum atomic E-state index is -3.65. The lowest BCUT2D eigenvalue weighted by molar-refractivity contribution is -0.137. The minimum Gasteiger partial charge on any atom is -0.481 e. The van der Waals surface area contributed by atoms with Crippen LogP contribution in [0.1, 0.15) is 32.6 Å². The summed E-state index contributed by atoms with van der Waals surface area (Å²) in [6.45, 7) is 1.78. The van der Waals surface area contributed by atoms with Gasteiger partial charge in [0.25, 0.3) is 0 Å². The first kappa shape index (κ1) is 17.4. The normalized spacial score (nSPS) is 18.7. The Morgan fingerprint density at radius 1 is 1.30 bits per heavy atom. The van der Waals surface area contributed by atoms with Crippen LogP contribution in [0.25, 0.3) is 0 Å². The molecule has 1 saturated heterocycles. The van der Waals surface area contributed by atoms with Crippen LogP contribution in [-0.2, 0) is 19.6 Å². The van der Waals surface area contributed by atoms with Crippen molar-refractivity contribution in [3.63, 3.8) is 0 Å². The molecule has 2 N–H and O–H groups in total. The molecule has 7 nitrogen and oxygen atoms in total. The highest BCUT2D eigenvalue weighted by atomic mass is 32.2. The highest BCUT2D eigenvalue weighted by molar-refractivity contribution is 7.89. The van der Waals surface area contributed by atoms with E-state index >= 15 is 0 Å². The molecule has 1 aromatic carbocycles. The number of rotatable bonds is 6. The van der Waals surface area contributed by atoms with Crippen LogP contribution < -0.4 is 5.32 Å². The van der Waals surface area contributed by atoms with Crippen molar-refractivity contribution in [3.05, 3.63) is 24.3 Å². The second-order valence-corrected chi connectivity index (χ2v) is 7.44. The van der Waals surface area contributed by atoms with E-state index in [0.717, 1.165) is 6.42 Å². The lowest BCUT2D eigenvalue weighted by atomic mass is 10.1. The van der Waals surface area contributed by atoms with E-state index < -0.39 is 16.0 Å². The highest BCUT2D eigenvalue weighted by Crippen LogP contribution is 2.29. The summed E-state index contributed by atoms with van der Waals surface area (Å²) in [5.74, 6) is -1.15. The highest BCUT2D eigenvalue weighted by Gasteiger charge is 2.35. The SMILES string of the molecule is CC(=O)Nc1ccc(S(=O)(=O)N2CCCC2CCC(=O)O)cc1. The summed E-state index contributed by atoms with van der Waals surface area (Å²) in [4.78, 5) is 21.8. The first-order valence-corrected chi connectivity index (χ1v) is 8.86. The molecule has 1 amide bonds. The maximum atomic E-state index is 12.7. The van der Waals surface area contributed by atoms with E-state index in [1.54, 1.807) is 0 Å². The summed E-state index contributed by atoms with van der Waals surface area (Å²) in [7, 11) is -3.65. The molecule has 1 aliphatic heterocycles. The predicted octanol–water partition coefficient (Wildman–Crippen LogP) is 1.66. The number of benzene rings is 1. The topological polar surface area (TPSA) is 104 Å². The smallest absolute Gasteiger partial charge is 0.303 e. The van der Waals surface area contributed by atoms with Gasteiger partial charge in [0.15, 0.2) is 0 Å². The third-order valence-corrected chi connectivity index (χ3v) is 5.76. The fourth-order valence-electron chi connectivity index (χ4n) is 2.75. The molecule has 1 aromatic rings. The van der Waals surface area contributed by atoms with Crippen molar-refractivity contribution in [1.82, 2.24) is 4.31 Å². The van der Waals surface area contributed by atoms with Crippen molar-refractivity contribution >= 4 is 27.6 Å². The Labute approximate surface area is 135 Å². The molecule has 1 fully saturated rings. The summed E-state index contributed by atoms with van der Waals surface area (Å²) in [5, 5.41) is 11.4. The zero-order valence-corrected chi connectivity index (χ0v) is 13.7. The second kappa shape index (κ2) is 7.10. The van der Waals surface area contributed by atoms with Gasteiger partial charge >= 0.3 is 5.97 Å². The molecule has 0 bridgehead atoms.